The number of halogens is 1. The molecule has 0 radical (unpaired) electrons. The highest BCUT2D eigenvalue weighted by molar-refractivity contribution is 6.85. The Hall–Kier alpha value is -0.0131. The third-order valence-corrected chi connectivity index (χ3v) is 5.57. The fourth-order valence-electron chi connectivity index (χ4n) is 1.82. The standard InChI is InChI=1S/C13H23ClO2Si/c1-17(2,11-5-8-14)12-6-10-16-13-7-3-4-9-15-13/h13H,3-5,7-11H2,1-2H3/t13-/m0/s1. The monoisotopic (exact) mass is 274 g/mol. The third-order valence-electron chi connectivity index (χ3n) is 2.84. The van der Waals surface area contributed by atoms with Crippen LogP contribution in [0.15, 0.2) is 0 Å². The van der Waals surface area contributed by atoms with Gasteiger partial charge in [-0.1, -0.05) is 19.0 Å². The van der Waals surface area contributed by atoms with Gasteiger partial charge in [-0.2, -0.15) is 0 Å². The summed E-state index contributed by atoms with van der Waals surface area (Å²) in [7, 11) is -1.38. The fourth-order valence-corrected chi connectivity index (χ4v) is 3.92. The van der Waals surface area contributed by atoms with Gasteiger partial charge in [0.25, 0.3) is 0 Å². The molecule has 17 heavy (non-hydrogen) atoms. The van der Waals surface area contributed by atoms with E-state index in [2.05, 4.69) is 24.6 Å². The van der Waals surface area contributed by atoms with Crippen molar-refractivity contribution in [2.24, 2.45) is 0 Å². The van der Waals surface area contributed by atoms with E-state index in [9.17, 15) is 0 Å². The van der Waals surface area contributed by atoms with Crippen molar-refractivity contribution in [1.29, 1.82) is 0 Å². The highest BCUT2D eigenvalue weighted by atomic mass is 35.5. The molecule has 0 N–H and O–H groups in total. The molecule has 0 saturated carbocycles. The minimum absolute atomic E-state index is 0.0225. The summed E-state index contributed by atoms with van der Waals surface area (Å²) in [6.45, 7) is 5.89. The second-order valence-corrected chi connectivity index (χ2v) is 9.98. The Bertz CT molecular complexity index is 264. The Morgan fingerprint density at radius 1 is 1.41 bits per heavy atom. The average Bonchev–Trinajstić information content (AvgIpc) is 2.34. The van der Waals surface area contributed by atoms with Crippen LogP contribution in [0.3, 0.4) is 0 Å². The summed E-state index contributed by atoms with van der Waals surface area (Å²) in [6, 6.07) is 1.17. The highest BCUT2D eigenvalue weighted by Crippen LogP contribution is 2.13. The van der Waals surface area contributed by atoms with Gasteiger partial charge in [-0.25, -0.2) is 0 Å². The topological polar surface area (TPSA) is 18.5 Å². The van der Waals surface area contributed by atoms with E-state index in [1.54, 1.807) is 0 Å². The molecule has 1 rings (SSSR count). The molecule has 0 aromatic carbocycles. The van der Waals surface area contributed by atoms with Gasteiger partial charge >= 0.3 is 0 Å². The molecule has 1 saturated heterocycles. The van der Waals surface area contributed by atoms with Crippen LogP contribution in [0, 0.1) is 11.5 Å². The summed E-state index contributed by atoms with van der Waals surface area (Å²) in [4.78, 5) is 0. The number of rotatable bonds is 5. The van der Waals surface area contributed by atoms with Crippen molar-refractivity contribution in [2.45, 2.75) is 51.1 Å². The summed E-state index contributed by atoms with van der Waals surface area (Å²) < 4.78 is 11.1. The van der Waals surface area contributed by atoms with E-state index in [1.165, 1.54) is 12.5 Å². The molecule has 1 heterocycles. The third kappa shape index (κ3) is 7.10. The Morgan fingerprint density at radius 2 is 2.24 bits per heavy atom. The van der Waals surface area contributed by atoms with E-state index >= 15 is 0 Å². The van der Waals surface area contributed by atoms with E-state index in [0.717, 1.165) is 31.7 Å². The lowest BCUT2D eigenvalue weighted by Gasteiger charge is -2.21. The highest BCUT2D eigenvalue weighted by Gasteiger charge is 2.17. The molecular weight excluding hydrogens is 252 g/mol. The van der Waals surface area contributed by atoms with Gasteiger partial charge in [0.1, 0.15) is 14.7 Å². The number of hydrogen-bond acceptors (Lipinski definition) is 2. The first kappa shape index (κ1) is 15.0. The molecule has 1 aliphatic heterocycles. The van der Waals surface area contributed by atoms with Crippen LogP contribution in [0.25, 0.3) is 0 Å². The van der Waals surface area contributed by atoms with Gasteiger partial charge in [0, 0.05) is 12.5 Å². The zero-order chi connectivity index (χ0) is 12.6. The molecule has 1 aliphatic rings. The molecule has 0 unspecified atom stereocenters. The van der Waals surface area contributed by atoms with E-state index in [-0.39, 0.29) is 6.29 Å². The van der Waals surface area contributed by atoms with Crippen LogP contribution >= 0.6 is 11.6 Å². The van der Waals surface area contributed by atoms with Crippen LogP contribution in [-0.2, 0) is 9.47 Å². The van der Waals surface area contributed by atoms with Gasteiger partial charge in [-0.05, 0) is 31.7 Å². The Balaban J connectivity index is 2.19. The molecule has 2 nitrogen and oxygen atoms in total. The van der Waals surface area contributed by atoms with E-state index in [1.807, 2.05) is 0 Å². The summed E-state index contributed by atoms with van der Waals surface area (Å²) in [5, 5.41) is 0. The number of alkyl halides is 1. The van der Waals surface area contributed by atoms with Crippen molar-refractivity contribution < 1.29 is 9.47 Å². The van der Waals surface area contributed by atoms with Crippen molar-refractivity contribution >= 4 is 19.7 Å². The maximum atomic E-state index is 5.70. The second kappa shape index (κ2) is 8.15. The molecule has 0 aromatic heterocycles. The van der Waals surface area contributed by atoms with Crippen LogP contribution in [-0.4, -0.2) is 33.5 Å². The van der Waals surface area contributed by atoms with Crippen LogP contribution in [0.5, 0.6) is 0 Å². The lowest BCUT2D eigenvalue weighted by Crippen LogP contribution is -2.24. The zero-order valence-corrected chi connectivity index (χ0v) is 12.7. The first-order valence-electron chi connectivity index (χ1n) is 6.43. The maximum Gasteiger partial charge on any atom is 0.158 e. The minimum Gasteiger partial charge on any atom is -0.353 e. The van der Waals surface area contributed by atoms with Crippen molar-refractivity contribution in [3.05, 3.63) is 0 Å². The molecule has 4 heteroatoms. The molecule has 1 atom stereocenters. The predicted octanol–water partition coefficient (Wildman–Crippen LogP) is 3.41. The van der Waals surface area contributed by atoms with Crippen molar-refractivity contribution in [3.8, 4) is 11.5 Å². The molecule has 98 valence electrons. The lowest BCUT2D eigenvalue weighted by atomic mass is 10.2. The van der Waals surface area contributed by atoms with E-state index < -0.39 is 8.07 Å². The summed E-state index contributed by atoms with van der Waals surface area (Å²) in [5.74, 6) is 3.89. The quantitative estimate of drug-likeness (QED) is 0.435. The normalized spacial score (nSPS) is 20.8. The van der Waals surface area contributed by atoms with Crippen LogP contribution in [0.2, 0.25) is 19.1 Å². The maximum absolute atomic E-state index is 5.70. The van der Waals surface area contributed by atoms with Crippen molar-refractivity contribution in [1.82, 2.24) is 0 Å². The van der Waals surface area contributed by atoms with Crippen molar-refractivity contribution in [3.63, 3.8) is 0 Å². The van der Waals surface area contributed by atoms with E-state index in [4.69, 9.17) is 21.1 Å². The SMILES string of the molecule is C[Si](C)(C#CCO[C@H]1CCCCO1)CCCCl. The zero-order valence-electron chi connectivity index (χ0n) is 10.9. The fraction of sp³-hybridized carbons (Fsp3) is 0.846. The van der Waals surface area contributed by atoms with Gasteiger partial charge < -0.3 is 9.47 Å². The van der Waals surface area contributed by atoms with Crippen molar-refractivity contribution in [2.75, 3.05) is 19.1 Å². The first-order valence-corrected chi connectivity index (χ1v) is 10.2. The van der Waals surface area contributed by atoms with Gasteiger partial charge in [0.15, 0.2) is 6.29 Å². The largest absolute Gasteiger partial charge is 0.353 e. The minimum atomic E-state index is -1.38. The first-order chi connectivity index (χ1) is 8.14. The molecule has 0 aliphatic carbocycles. The molecular formula is C13H23ClO2Si. The summed E-state index contributed by atoms with van der Waals surface area (Å²) >= 11 is 5.70. The molecule has 0 bridgehead atoms. The number of ether oxygens (including phenoxy) is 2. The van der Waals surface area contributed by atoms with Gasteiger partial charge in [-0.15, -0.1) is 17.1 Å². The Labute approximate surface area is 111 Å². The number of hydrogen-bond donors (Lipinski definition) is 0. The van der Waals surface area contributed by atoms with E-state index in [0.29, 0.717) is 6.61 Å². The Morgan fingerprint density at radius 3 is 2.88 bits per heavy atom. The van der Waals surface area contributed by atoms with Gasteiger partial charge in [0.2, 0.25) is 0 Å². The summed E-state index contributed by atoms with van der Waals surface area (Å²) in [6.07, 6.45) is 4.42. The molecule has 1 fully saturated rings. The molecule has 0 aromatic rings. The lowest BCUT2D eigenvalue weighted by molar-refractivity contribution is -0.154. The van der Waals surface area contributed by atoms with Gasteiger partial charge in [-0.3, -0.25) is 0 Å². The molecule has 0 amide bonds. The Kier molecular flexibility index (Phi) is 7.22. The summed E-state index contributed by atoms with van der Waals surface area (Å²) in [5.41, 5.74) is 3.38. The average molecular weight is 275 g/mol. The van der Waals surface area contributed by atoms with Crippen LogP contribution in [0.1, 0.15) is 25.7 Å². The smallest absolute Gasteiger partial charge is 0.158 e. The van der Waals surface area contributed by atoms with Crippen LogP contribution < -0.4 is 0 Å². The molecule has 0 spiro atoms. The second-order valence-electron chi connectivity index (χ2n) is 5.09. The predicted molar refractivity (Wildman–Crippen MR) is 74.9 cm³/mol. The van der Waals surface area contributed by atoms with Gasteiger partial charge in [0.05, 0.1) is 0 Å². The van der Waals surface area contributed by atoms with Crippen LogP contribution in [0.4, 0.5) is 0 Å².